The summed E-state index contributed by atoms with van der Waals surface area (Å²) in [5, 5.41) is 12.4. The Balaban J connectivity index is 1.37. The third-order valence-electron chi connectivity index (χ3n) is 3.59. The van der Waals surface area contributed by atoms with E-state index in [1.165, 1.54) is 59.5 Å². The Morgan fingerprint density at radius 2 is 1.66 bits per heavy atom. The van der Waals surface area contributed by atoms with Crippen molar-refractivity contribution in [2.75, 3.05) is 5.32 Å². The summed E-state index contributed by atoms with van der Waals surface area (Å²) >= 11 is 2.61. The first-order chi connectivity index (χ1) is 14.1. The number of aromatic nitrogens is 4. The molecule has 0 bridgehead atoms. The molecule has 0 spiro atoms. The fraction of sp³-hybridized carbons (Fsp3) is 0.0526. The number of ether oxygens (including phenoxy) is 1. The van der Waals surface area contributed by atoms with Crippen molar-refractivity contribution in [2.45, 2.75) is 16.0 Å². The van der Waals surface area contributed by atoms with Gasteiger partial charge in [0.05, 0.1) is 0 Å². The van der Waals surface area contributed by atoms with Crippen LogP contribution in [-0.2, 0) is 6.54 Å². The second-order valence-corrected chi connectivity index (χ2v) is 7.88. The molecule has 2 aromatic carbocycles. The molecule has 10 heteroatoms. The maximum Gasteiger partial charge on any atom is 0.223 e. The molecule has 0 aliphatic heterocycles. The smallest absolute Gasteiger partial charge is 0.223 e. The van der Waals surface area contributed by atoms with Crippen LogP contribution in [0.1, 0.15) is 5.56 Å². The summed E-state index contributed by atoms with van der Waals surface area (Å²) in [6.45, 7) is 0.511. The van der Waals surface area contributed by atoms with Crippen molar-refractivity contribution in [3.05, 3.63) is 78.0 Å². The van der Waals surface area contributed by atoms with E-state index in [2.05, 4.69) is 25.5 Å². The molecule has 0 saturated carbocycles. The second-order valence-electron chi connectivity index (χ2n) is 5.69. The van der Waals surface area contributed by atoms with Crippen molar-refractivity contribution in [2.24, 2.45) is 0 Å². The summed E-state index contributed by atoms with van der Waals surface area (Å²) in [5.41, 5.74) is 0.935. The van der Waals surface area contributed by atoms with Gasteiger partial charge in [-0.2, -0.15) is 4.98 Å². The molecule has 4 aromatic rings. The lowest BCUT2D eigenvalue weighted by Gasteiger charge is -2.05. The molecule has 0 unspecified atom stereocenters. The minimum Gasteiger partial charge on any atom is -0.439 e. The van der Waals surface area contributed by atoms with E-state index in [9.17, 15) is 8.78 Å². The average Bonchev–Trinajstić information content (AvgIpc) is 3.17. The Kier molecular flexibility index (Phi) is 5.92. The zero-order valence-corrected chi connectivity index (χ0v) is 16.4. The highest BCUT2D eigenvalue weighted by atomic mass is 32.2. The van der Waals surface area contributed by atoms with Gasteiger partial charge < -0.3 is 10.1 Å². The molecule has 146 valence electrons. The molecular weight excluding hydrogens is 416 g/mol. The van der Waals surface area contributed by atoms with Crippen LogP contribution in [0, 0.1) is 11.6 Å². The topological polar surface area (TPSA) is 72.8 Å². The van der Waals surface area contributed by atoms with Crippen LogP contribution in [0.25, 0.3) is 0 Å². The highest BCUT2D eigenvalue weighted by molar-refractivity contribution is 8.00. The largest absolute Gasteiger partial charge is 0.439 e. The van der Waals surface area contributed by atoms with Gasteiger partial charge in [0, 0.05) is 18.8 Å². The molecule has 0 atom stereocenters. The number of rotatable bonds is 7. The minimum atomic E-state index is -0.337. The van der Waals surface area contributed by atoms with Crippen LogP contribution >= 0.6 is 23.1 Å². The van der Waals surface area contributed by atoms with Crippen LogP contribution in [0.15, 0.2) is 70.3 Å². The lowest BCUT2D eigenvalue weighted by molar-refractivity contribution is 0.454. The van der Waals surface area contributed by atoms with Crippen molar-refractivity contribution < 1.29 is 13.5 Å². The highest BCUT2D eigenvalue weighted by Crippen LogP contribution is 2.31. The van der Waals surface area contributed by atoms with Gasteiger partial charge in [0.1, 0.15) is 17.4 Å². The minimum absolute atomic E-state index is 0.269. The SMILES string of the molecule is Fc1ccc(CNc2nnc(Sc3nccc(Oc4ccc(F)cc4)n3)s2)cc1. The Bertz CT molecular complexity index is 1090. The summed E-state index contributed by atoms with van der Waals surface area (Å²) in [6.07, 6.45) is 1.57. The summed E-state index contributed by atoms with van der Waals surface area (Å²) in [4.78, 5) is 8.51. The molecule has 29 heavy (non-hydrogen) atoms. The fourth-order valence-electron chi connectivity index (χ4n) is 2.24. The first-order valence-electron chi connectivity index (χ1n) is 8.40. The van der Waals surface area contributed by atoms with E-state index in [1.54, 1.807) is 24.4 Å². The van der Waals surface area contributed by atoms with Crippen molar-refractivity contribution >= 4 is 28.2 Å². The van der Waals surface area contributed by atoms with Crippen molar-refractivity contribution in [1.82, 2.24) is 20.2 Å². The maximum atomic E-state index is 13.0. The summed E-state index contributed by atoms with van der Waals surface area (Å²) < 4.78 is 32.2. The number of hydrogen-bond acceptors (Lipinski definition) is 8. The quantitative estimate of drug-likeness (QED) is 0.407. The number of halogens is 2. The standard InChI is InChI=1S/C19H13F2N5OS2/c20-13-3-1-12(2-4-13)11-23-18-25-26-19(29-18)28-17-22-10-9-16(24-17)27-15-7-5-14(21)6-8-15/h1-10H,11H2,(H,23,25). The summed E-state index contributed by atoms with van der Waals surface area (Å²) in [5.74, 6) is 0.211. The Labute approximate surface area is 173 Å². The molecule has 0 saturated heterocycles. The number of hydrogen-bond donors (Lipinski definition) is 1. The number of benzene rings is 2. The Morgan fingerprint density at radius 1 is 0.931 bits per heavy atom. The third kappa shape index (κ3) is 5.46. The fourth-order valence-corrected chi connectivity index (χ4v) is 3.82. The predicted molar refractivity (Wildman–Crippen MR) is 106 cm³/mol. The van der Waals surface area contributed by atoms with E-state index in [-0.39, 0.29) is 11.6 Å². The molecule has 4 rings (SSSR count). The van der Waals surface area contributed by atoms with Gasteiger partial charge in [-0.15, -0.1) is 10.2 Å². The summed E-state index contributed by atoms with van der Waals surface area (Å²) in [6, 6.07) is 13.5. The molecular formula is C19H13F2N5OS2. The monoisotopic (exact) mass is 429 g/mol. The van der Waals surface area contributed by atoms with Gasteiger partial charge in [-0.3, -0.25) is 0 Å². The first kappa shape index (κ1) is 19.2. The predicted octanol–water partition coefficient (Wildman–Crippen LogP) is 5.16. The normalized spacial score (nSPS) is 10.7. The van der Waals surface area contributed by atoms with Gasteiger partial charge in [0.15, 0.2) is 9.50 Å². The molecule has 0 aliphatic rings. The molecule has 2 heterocycles. The molecule has 0 aliphatic carbocycles. The van der Waals surface area contributed by atoms with Crippen LogP contribution in [0.5, 0.6) is 11.6 Å². The lowest BCUT2D eigenvalue weighted by Crippen LogP contribution is -1.98. The van der Waals surface area contributed by atoms with E-state index in [1.807, 2.05) is 0 Å². The van der Waals surface area contributed by atoms with Gasteiger partial charge in [0.2, 0.25) is 11.0 Å². The van der Waals surface area contributed by atoms with Crippen LogP contribution in [0.2, 0.25) is 0 Å². The third-order valence-corrected chi connectivity index (χ3v) is 5.40. The molecule has 6 nitrogen and oxygen atoms in total. The zero-order chi connectivity index (χ0) is 20.1. The van der Waals surface area contributed by atoms with Crippen LogP contribution < -0.4 is 10.1 Å². The van der Waals surface area contributed by atoms with E-state index in [4.69, 9.17) is 4.74 Å². The first-order valence-corrected chi connectivity index (χ1v) is 10.0. The zero-order valence-electron chi connectivity index (χ0n) is 14.8. The lowest BCUT2D eigenvalue weighted by atomic mass is 10.2. The van der Waals surface area contributed by atoms with Crippen molar-refractivity contribution in [3.8, 4) is 11.6 Å². The molecule has 1 N–H and O–H groups in total. The molecule has 2 aromatic heterocycles. The van der Waals surface area contributed by atoms with Gasteiger partial charge in [-0.05, 0) is 53.7 Å². The Hall–Kier alpha value is -3.11. The molecule has 0 fully saturated rings. The molecule has 0 radical (unpaired) electrons. The van der Waals surface area contributed by atoms with Gasteiger partial charge in [-0.1, -0.05) is 23.5 Å². The molecule has 0 amide bonds. The summed E-state index contributed by atoms with van der Waals surface area (Å²) in [7, 11) is 0. The van der Waals surface area contributed by atoms with E-state index >= 15 is 0 Å². The van der Waals surface area contributed by atoms with E-state index in [0.717, 1.165) is 5.56 Å². The second kappa shape index (κ2) is 8.93. The average molecular weight is 429 g/mol. The van der Waals surface area contributed by atoms with Gasteiger partial charge >= 0.3 is 0 Å². The maximum absolute atomic E-state index is 13.0. The van der Waals surface area contributed by atoms with E-state index < -0.39 is 0 Å². The van der Waals surface area contributed by atoms with Crippen molar-refractivity contribution in [1.29, 1.82) is 0 Å². The highest BCUT2D eigenvalue weighted by Gasteiger charge is 2.10. The van der Waals surface area contributed by atoms with Crippen molar-refractivity contribution in [3.63, 3.8) is 0 Å². The van der Waals surface area contributed by atoms with Crippen LogP contribution in [0.4, 0.5) is 13.9 Å². The van der Waals surface area contributed by atoms with Crippen LogP contribution in [-0.4, -0.2) is 20.2 Å². The van der Waals surface area contributed by atoms with Gasteiger partial charge in [-0.25, -0.2) is 13.8 Å². The number of nitrogens with zero attached hydrogens (tertiary/aromatic N) is 4. The Morgan fingerprint density at radius 3 is 2.41 bits per heavy atom. The number of anilines is 1. The van der Waals surface area contributed by atoms with E-state index in [0.29, 0.717) is 32.8 Å². The van der Waals surface area contributed by atoms with Gasteiger partial charge in [0.25, 0.3) is 0 Å². The van der Waals surface area contributed by atoms with Crippen LogP contribution in [0.3, 0.4) is 0 Å². The number of nitrogens with one attached hydrogen (secondary N) is 1.